The zero-order valence-electron chi connectivity index (χ0n) is 16.4. The highest BCUT2D eigenvalue weighted by molar-refractivity contribution is 7.09. The van der Waals surface area contributed by atoms with Gasteiger partial charge in [0.25, 0.3) is 0 Å². The van der Waals surface area contributed by atoms with Crippen LogP contribution in [0.3, 0.4) is 0 Å². The smallest absolute Gasteiger partial charge is 0.322 e. The maximum atomic E-state index is 13.2. The van der Waals surface area contributed by atoms with Crippen LogP contribution in [-0.4, -0.2) is 51.5 Å². The summed E-state index contributed by atoms with van der Waals surface area (Å²) in [6.07, 6.45) is 1.65. The molecule has 1 aliphatic rings. The molecule has 0 unspecified atom stereocenters. The maximum Gasteiger partial charge on any atom is 0.322 e. The summed E-state index contributed by atoms with van der Waals surface area (Å²) in [4.78, 5) is 16.2. The van der Waals surface area contributed by atoms with E-state index in [1.165, 1.54) is 0 Å². The number of carbonyl (C=O) groups excluding carboxylic acids is 1. The molecule has 0 atom stereocenters. The van der Waals surface area contributed by atoms with Crippen molar-refractivity contribution in [1.82, 2.24) is 4.90 Å². The lowest BCUT2D eigenvalue weighted by atomic mass is 10.1. The second-order valence-electron chi connectivity index (χ2n) is 6.39. The predicted octanol–water partition coefficient (Wildman–Crippen LogP) is 3.99. The van der Waals surface area contributed by atoms with Crippen molar-refractivity contribution in [3.8, 4) is 17.2 Å². The van der Waals surface area contributed by atoms with Gasteiger partial charge in [-0.05, 0) is 24.3 Å². The molecule has 1 aromatic heterocycles. The average Bonchev–Trinajstić information content (AvgIpc) is 3.25. The third-order valence-corrected chi connectivity index (χ3v) is 5.58. The number of anilines is 1. The molecular formula is C20H26N2O5S. The summed E-state index contributed by atoms with van der Waals surface area (Å²) in [5.41, 5.74) is 0.586. The summed E-state index contributed by atoms with van der Waals surface area (Å²) in [6.45, 7) is 1.91. The lowest BCUT2D eigenvalue weighted by molar-refractivity contribution is 0.0462. The van der Waals surface area contributed by atoms with Crippen LogP contribution < -0.4 is 19.5 Å². The molecule has 1 saturated heterocycles. The third kappa shape index (κ3) is 4.69. The Morgan fingerprint density at radius 3 is 2.39 bits per heavy atom. The minimum absolute atomic E-state index is 0.137. The Labute approximate surface area is 169 Å². The molecule has 0 saturated carbocycles. The maximum absolute atomic E-state index is 13.2. The zero-order valence-corrected chi connectivity index (χ0v) is 17.2. The van der Waals surface area contributed by atoms with Gasteiger partial charge in [0.15, 0.2) is 11.5 Å². The Morgan fingerprint density at radius 2 is 1.86 bits per heavy atom. The Hall–Kier alpha value is -2.45. The van der Waals surface area contributed by atoms with Gasteiger partial charge in [-0.2, -0.15) is 0 Å². The molecule has 2 heterocycles. The van der Waals surface area contributed by atoms with Gasteiger partial charge in [0, 0.05) is 36.3 Å². The highest BCUT2D eigenvalue weighted by Crippen LogP contribution is 2.40. The highest BCUT2D eigenvalue weighted by atomic mass is 32.1. The number of nitrogens with zero attached hydrogens (tertiary/aromatic N) is 1. The molecule has 1 N–H and O–H groups in total. The number of urea groups is 1. The Balaban J connectivity index is 1.82. The normalized spacial score (nSPS) is 14.4. The van der Waals surface area contributed by atoms with Gasteiger partial charge in [0.2, 0.25) is 5.75 Å². The summed E-state index contributed by atoms with van der Waals surface area (Å²) < 4.78 is 21.6. The molecule has 7 nitrogen and oxygen atoms in total. The molecule has 8 heteroatoms. The second-order valence-corrected chi connectivity index (χ2v) is 7.43. The molecule has 2 aromatic rings. The number of rotatable bonds is 7. The summed E-state index contributed by atoms with van der Waals surface area (Å²) in [6, 6.07) is 7.48. The minimum atomic E-state index is -0.158. The van der Waals surface area contributed by atoms with E-state index in [9.17, 15) is 4.79 Å². The number of methoxy groups -OCH3 is 3. The quantitative estimate of drug-likeness (QED) is 0.753. The highest BCUT2D eigenvalue weighted by Gasteiger charge is 2.27. The number of hydrogen-bond acceptors (Lipinski definition) is 6. The summed E-state index contributed by atoms with van der Waals surface area (Å²) in [5.74, 6) is 1.48. The third-order valence-electron chi connectivity index (χ3n) is 4.71. The van der Waals surface area contributed by atoms with Crippen molar-refractivity contribution in [1.29, 1.82) is 0 Å². The first-order chi connectivity index (χ1) is 13.7. The lowest BCUT2D eigenvalue weighted by Crippen LogP contribution is -2.44. The summed E-state index contributed by atoms with van der Waals surface area (Å²) in [7, 11) is 4.65. The predicted molar refractivity (Wildman–Crippen MR) is 109 cm³/mol. The van der Waals surface area contributed by atoms with Gasteiger partial charge < -0.3 is 29.2 Å². The fourth-order valence-electron chi connectivity index (χ4n) is 3.28. The van der Waals surface area contributed by atoms with E-state index >= 15 is 0 Å². The van der Waals surface area contributed by atoms with Gasteiger partial charge in [0.05, 0.1) is 33.6 Å². The van der Waals surface area contributed by atoms with Gasteiger partial charge in [-0.3, -0.25) is 0 Å². The molecular weight excluding hydrogens is 380 g/mol. The first-order valence-corrected chi connectivity index (χ1v) is 10.0. The largest absolute Gasteiger partial charge is 0.493 e. The Morgan fingerprint density at radius 1 is 1.18 bits per heavy atom. The Bertz CT molecular complexity index is 750. The summed E-state index contributed by atoms with van der Waals surface area (Å²) in [5, 5.41) is 5.01. The molecule has 1 aliphatic heterocycles. The van der Waals surface area contributed by atoms with E-state index in [4.69, 9.17) is 18.9 Å². The number of ether oxygens (including phenoxy) is 4. The molecule has 1 fully saturated rings. The molecule has 0 aliphatic carbocycles. The SMILES string of the molecule is COc1cc(NC(=O)N(Cc2cccs2)C2CCOCC2)cc(OC)c1OC. The van der Waals surface area contributed by atoms with Crippen LogP contribution in [0.4, 0.5) is 10.5 Å². The number of amides is 2. The van der Waals surface area contributed by atoms with Crippen molar-refractivity contribution in [3.63, 3.8) is 0 Å². The molecule has 2 amide bonds. The topological polar surface area (TPSA) is 69.3 Å². The van der Waals surface area contributed by atoms with E-state index in [0.717, 1.165) is 17.7 Å². The molecule has 3 rings (SSSR count). The molecule has 0 radical (unpaired) electrons. The van der Waals surface area contributed by atoms with Crippen molar-refractivity contribution < 1.29 is 23.7 Å². The van der Waals surface area contributed by atoms with Crippen LogP contribution in [0.2, 0.25) is 0 Å². The van der Waals surface area contributed by atoms with Crippen LogP contribution in [-0.2, 0) is 11.3 Å². The van der Waals surface area contributed by atoms with E-state index < -0.39 is 0 Å². The van der Waals surface area contributed by atoms with Crippen molar-refractivity contribution in [2.45, 2.75) is 25.4 Å². The summed E-state index contributed by atoms with van der Waals surface area (Å²) >= 11 is 1.65. The fraction of sp³-hybridized carbons (Fsp3) is 0.450. The first kappa shape index (κ1) is 20.3. The lowest BCUT2D eigenvalue weighted by Gasteiger charge is -2.34. The van der Waals surface area contributed by atoms with Crippen molar-refractivity contribution in [2.24, 2.45) is 0 Å². The van der Waals surface area contributed by atoms with Crippen molar-refractivity contribution in [3.05, 3.63) is 34.5 Å². The van der Waals surface area contributed by atoms with Gasteiger partial charge in [-0.1, -0.05) is 6.07 Å². The van der Waals surface area contributed by atoms with Crippen LogP contribution >= 0.6 is 11.3 Å². The van der Waals surface area contributed by atoms with Crippen molar-refractivity contribution in [2.75, 3.05) is 39.9 Å². The fourth-order valence-corrected chi connectivity index (χ4v) is 3.99. The van der Waals surface area contributed by atoms with Crippen LogP contribution in [0.1, 0.15) is 17.7 Å². The van der Waals surface area contributed by atoms with Crippen LogP contribution in [0.5, 0.6) is 17.2 Å². The van der Waals surface area contributed by atoms with Crippen LogP contribution in [0, 0.1) is 0 Å². The minimum Gasteiger partial charge on any atom is -0.493 e. The van der Waals surface area contributed by atoms with Gasteiger partial charge in [-0.25, -0.2) is 4.79 Å². The van der Waals surface area contributed by atoms with Gasteiger partial charge in [-0.15, -0.1) is 11.3 Å². The second kappa shape index (κ2) is 9.66. The first-order valence-electron chi connectivity index (χ1n) is 9.14. The average molecular weight is 407 g/mol. The molecule has 1 aromatic carbocycles. The Kier molecular flexibility index (Phi) is 7.00. The van der Waals surface area contributed by atoms with E-state index in [1.54, 1.807) is 44.8 Å². The van der Waals surface area contributed by atoms with E-state index in [-0.39, 0.29) is 12.1 Å². The number of thiophene rings is 1. The van der Waals surface area contributed by atoms with E-state index in [1.807, 2.05) is 22.4 Å². The van der Waals surface area contributed by atoms with Gasteiger partial charge >= 0.3 is 6.03 Å². The number of nitrogens with one attached hydrogen (secondary N) is 1. The number of hydrogen-bond donors (Lipinski definition) is 1. The number of carbonyl (C=O) groups is 1. The standard InChI is InChI=1S/C20H26N2O5S/c1-24-17-11-14(12-18(25-2)19(17)26-3)21-20(23)22(13-16-5-4-10-28-16)15-6-8-27-9-7-15/h4-5,10-12,15H,6-9,13H2,1-3H3,(H,21,23). The van der Waals surface area contributed by atoms with Gasteiger partial charge in [0.1, 0.15) is 0 Å². The van der Waals surface area contributed by atoms with Crippen LogP contribution in [0.25, 0.3) is 0 Å². The van der Waals surface area contributed by atoms with E-state index in [2.05, 4.69) is 5.32 Å². The molecule has 0 bridgehead atoms. The number of benzene rings is 1. The molecule has 152 valence electrons. The van der Waals surface area contributed by atoms with Crippen molar-refractivity contribution >= 4 is 23.1 Å². The molecule has 0 spiro atoms. The van der Waals surface area contributed by atoms with Crippen LogP contribution in [0.15, 0.2) is 29.6 Å². The van der Waals surface area contributed by atoms with E-state index in [0.29, 0.717) is 42.7 Å². The molecule has 28 heavy (non-hydrogen) atoms. The zero-order chi connectivity index (χ0) is 19.9. The monoisotopic (exact) mass is 406 g/mol.